The maximum Gasteiger partial charge on any atom is 0.310 e. The molecule has 2 fully saturated rings. The van der Waals surface area contributed by atoms with Crippen LogP contribution in [-0.2, 0) is 9.57 Å². The van der Waals surface area contributed by atoms with Crippen molar-refractivity contribution in [3.63, 3.8) is 0 Å². The van der Waals surface area contributed by atoms with Gasteiger partial charge in [0.1, 0.15) is 0 Å². The maximum atomic E-state index is 12.8. The number of rotatable bonds is 6. The lowest BCUT2D eigenvalue weighted by molar-refractivity contribution is -0.110. The van der Waals surface area contributed by atoms with Crippen molar-refractivity contribution in [3.8, 4) is 0 Å². The molecule has 4 aliphatic rings. The first-order valence-corrected chi connectivity index (χ1v) is 15.1. The van der Waals surface area contributed by atoms with Gasteiger partial charge in [0.15, 0.2) is 6.17 Å². The molecule has 0 radical (unpaired) electrons. The van der Waals surface area contributed by atoms with Crippen LogP contribution in [-0.4, -0.2) is 73.4 Å². The van der Waals surface area contributed by atoms with Crippen LogP contribution in [0, 0.1) is 12.3 Å². The molecule has 3 unspecified atom stereocenters. The number of nitrogens with one attached hydrogen (secondary N) is 3. The number of aliphatic imine (C=N–C) groups is 1. The molecule has 5 rings (SSSR count). The standard InChI is InChI=1S/C11H15F2N5O.C11H16N2O.C7H15N.C2H6/c1-6-8(14)2-7(3-15-6)9-16-10(19-17-9)18-4-11(12,13)5-18;1-8-4-5-13-11(6-8)10(7-12)9(2)14-3;1-3-7(4-2)5-8-6-7;1-2/h2-3,6,9,15,17H,4-5,14H2,1H3;4-7,9H,12H2,1-3H3;8H,3-6H2,1-2H3;1-2H3/b;10-7-;;. The fourth-order valence-electron chi connectivity index (χ4n) is 4.52. The van der Waals surface area contributed by atoms with E-state index in [4.69, 9.17) is 21.0 Å². The predicted octanol–water partition coefficient (Wildman–Crippen LogP) is 4.02. The van der Waals surface area contributed by atoms with E-state index in [1.165, 1.54) is 30.8 Å². The van der Waals surface area contributed by atoms with Crippen molar-refractivity contribution >= 4 is 11.6 Å². The van der Waals surface area contributed by atoms with E-state index in [1.807, 2.05) is 46.8 Å². The largest absolute Gasteiger partial charge is 0.404 e. The van der Waals surface area contributed by atoms with Crippen LogP contribution < -0.4 is 27.6 Å². The summed E-state index contributed by atoms with van der Waals surface area (Å²) in [5.41, 5.74) is 19.2. The van der Waals surface area contributed by atoms with E-state index in [2.05, 4.69) is 39.9 Å². The predicted molar refractivity (Wildman–Crippen MR) is 170 cm³/mol. The monoisotopic (exact) mass is 606 g/mol. The van der Waals surface area contributed by atoms with Gasteiger partial charge >= 0.3 is 6.02 Å². The molecule has 1 aromatic heterocycles. The van der Waals surface area contributed by atoms with E-state index in [9.17, 15) is 8.78 Å². The van der Waals surface area contributed by atoms with Gasteiger partial charge in [-0.3, -0.25) is 4.98 Å². The molecule has 0 aromatic carbocycles. The van der Waals surface area contributed by atoms with E-state index in [0.29, 0.717) is 11.1 Å². The number of likely N-dealkylation sites (tertiary alicyclic amines) is 1. The van der Waals surface area contributed by atoms with Gasteiger partial charge in [0.25, 0.3) is 5.92 Å². The van der Waals surface area contributed by atoms with E-state index in [-0.39, 0.29) is 31.3 Å². The highest BCUT2D eigenvalue weighted by molar-refractivity contribution is 5.76. The number of aromatic nitrogens is 1. The fraction of sp³-hybridized carbons (Fsp3) is 0.613. The fourth-order valence-corrected chi connectivity index (χ4v) is 4.52. The summed E-state index contributed by atoms with van der Waals surface area (Å²) in [6.45, 7) is 16.3. The molecule has 7 N–H and O–H groups in total. The van der Waals surface area contributed by atoms with Gasteiger partial charge in [0.05, 0.1) is 30.9 Å². The third-order valence-electron chi connectivity index (χ3n) is 7.95. The Kier molecular flexibility index (Phi) is 13.9. The molecule has 4 aliphatic heterocycles. The maximum absolute atomic E-state index is 12.8. The Morgan fingerprint density at radius 3 is 2.35 bits per heavy atom. The number of methoxy groups -OCH3 is 1. The molecule has 242 valence electrons. The van der Waals surface area contributed by atoms with E-state index in [0.717, 1.165) is 22.4 Å². The molecule has 1 aromatic rings. The molecular formula is C31H52F2N8O2. The van der Waals surface area contributed by atoms with E-state index < -0.39 is 12.1 Å². The average molecular weight is 607 g/mol. The summed E-state index contributed by atoms with van der Waals surface area (Å²) in [7, 11) is 1.66. The van der Waals surface area contributed by atoms with Gasteiger partial charge < -0.3 is 36.6 Å². The minimum Gasteiger partial charge on any atom is -0.404 e. The molecule has 0 spiro atoms. The minimum atomic E-state index is -2.64. The van der Waals surface area contributed by atoms with Gasteiger partial charge in [-0.1, -0.05) is 27.7 Å². The first-order chi connectivity index (χ1) is 20.5. The zero-order valence-electron chi connectivity index (χ0n) is 27.0. The second-order valence-electron chi connectivity index (χ2n) is 11.0. The van der Waals surface area contributed by atoms with Crippen molar-refractivity contribution in [2.45, 2.75) is 85.5 Å². The summed E-state index contributed by atoms with van der Waals surface area (Å²) in [6, 6.07) is 4.22. The highest BCUT2D eigenvalue weighted by atomic mass is 19.3. The third kappa shape index (κ3) is 9.90. The van der Waals surface area contributed by atoms with Crippen LogP contribution in [0.3, 0.4) is 0 Å². The molecule has 2 saturated heterocycles. The van der Waals surface area contributed by atoms with Crippen LogP contribution >= 0.6 is 0 Å². The molecular weight excluding hydrogens is 554 g/mol. The second-order valence-corrected chi connectivity index (χ2v) is 11.0. The molecule has 0 aliphatic carbocycles. The summed E-state index contributed by atoms with van der Waals surface area (Å²) >= 11 is 0. The van der Waals surface area contributed by atoms with Crippen LogP contribution in [0.1, 0.15) is 65.6 Å². The number of hydroxylamine groups is 1. The van der Waals surface area contributed by atoms with Crippen molar-refractivity contribution in [2.24, 2.45) is 21.9 Å². The van der Waals surface area contributed by atoms with Crippen LogP contribution in [0.15, 0.2) is 53.1 Å². The van der Waals surface area contributed by atoms with Gasteiger partial charge in [0.2, 0.25) is 0 Å². The Hall–Kier alpha value is -3.22. The average Bonchev–Trinajstić information content (AvgIpc) is 3.45. The Morgan fingerprint density at radius 1 is 1.26 bits per heavy atom. The number of halogens is 2. The smallest absolute Gasteiger partial charge is 0.310 e. The first-order valence-electron chi connectivity index (χ1n) is 15.1. The van der Waals surface area contributed by atoms with E-state index in [1.54, 1.807) is 31.8 Å². The molecule has 0 amide bonds. The summed E-state index contributed by atoms with van der Waals surface area (Å²) < 4.78 is 30.7. The summed E-state index contributed by atoms with van der Waals surface area (Å²) in [5.74, 6) is -2.64. The minimum absolute atomic E-state index is 0.0331. The van der Waals surface area contributed by atoms with Gasteiger partial charge in [-0.15, -0.1) is 5.48 Å². The van der Waals surface area contributed by atoms with Gasteiger partial charge in [-0.05, 0) is 62.8 Å². The topological polar surface area (TPSA) is 135 Å². The van der Waals surface area contributed by atoms with Crippen LogP contribution in [0.2, 0.25) is 0 Å². The van der Waals surface area contributed by atoms with Crippen LogP contribution in [0.5, 0.6) is 0 Å². The highest BCUT2D eigenvalue weighted by Crippen LogP contribution is 2.30. The lowest BCUT2D eigenvalue weighted by Gasteiger charge is -2.41. The molecule has 3 atom stereocenters. The molecule has 10 nitrogen and oxygen atoms in total. The molecule has 0 bridgehead atoms. The van der Waals surface area contributed by atoms with Gasteiger partial charge in [-0.25, -0.2) is 13.8 Å². The Labute approximate surface area is 256 Å². The van der Waals surface area contributed by atoms with Crippen molar-refractivity contribution in [1.82, 2.24) is 26.0 Å². The van der Waals surface area contributed by atoms with Crippen molar-refractivity contribution < 1.29 is 18.4 Å². The number of aryl methyl sites for hydroxylation is 1. The normalized spacial score (nSPS) is 23.7. The Balaban J connectivity index is 0.000000236. The number of nitrogens with two attached hydrogens (primary N) is 2. The number of pyridine rings is 1. The number of hydrogen-bond acceptors (Lipinski definition) is 10. The number of alkyl halides is 2. The zero-order chi connectivity index (χ0) is 32.2. The second kappa shape index (κ2) is 16.6. The number of nitrogens with zero attached hydrogens (tertiary/aromatic N) is 3. The van der Waals surface area contributed by atoms with Gasteiger partial charge in [-0.2, -0.15) is 0 Å². The Bertz CT molecular complexity index is 1130. The SMILES string of the molecule is CC.CC1NC=C(C2N=C(N3CC(F)(F)C3)ON2)C=C1N.CCC1(CC)CNC1.COC(C)/C(=C/N)c1cc(C)ccn1. The summed E-state index contributed by atoms with van der Waals surface area (Å²) in [4.78, 5) is 15.0. The van der Waals surface area contributed by atoms with Gasteiger partial charge in [0, 0.05) is 55.6 Å². The number of ether oxygens (including phenoxy) is 1. The van der Waals surface area contributed by atoms with E-state index >= 15 is 0 Å². The van der Waals surface area contributed by atoms with Crippen molar-refractivity contribution in [2.75, 3.05) is 33.3 Å². The molecule has 43 heavy (non-hydrogen) atoms. The molecule has 0 saturated carbocycles. The number of hydrogen-bond donors (Lipinski definition) is 5. The van der Waals surface area contributed by atoms with Crippen LogP contribution in [0.4, 0.5) is 8.78 Å². The highest BCUT2D eigenvalue weighted by Gasteiger charge is 2.47. The zero-order valence-corrected chi connectivity index (χ0v) is 27.0. The lowest BCUT2D eigenvalue weighted by atomic mass is 9.77. The quantitative estimate of drug-likeness (QED) is 0.325. The number of amidine groups is 1. The first kappa shape index (κ1) is 36.0. The third-order valence-corrected chi connectivity index (χ3v) is 7.95. The van der Waals surface area contributed by atoms with Crippen molar-refractivity contribution in [1.29, 1.82) is 0 Å². The molecule has 12 heteroatoms. The van der Waals surface area contributed by atoms with Crippen molar-refractivity contribution in [3.05, 3.63) is 59.3 Å². The number of dihydropyridines is 1. The molecule has 5 heterocycles. The van der Waals surface area contributed by atoms with Crippen LogP contribution in [0.25, 0.3) is 5.57 Å². The summed E-state index contributed by atoms with van der Waals surface area (Å²) in [6.07, 6.45) is 9.15. The Morgan fingerprint density at radius 2 is 1.91 bits per heavy atom. The summed E-state index contributed by atoms with van der Waals surface area (Å²) in [5, 5.41) is 6.39. The lowest BCUT2D eigenvalue weighted by Crippen LogP contribution is -2.58.